The van der Waals surface area contributed by atoms with Gasteiger partial charge in [0.1, 0.15) is 0 Å². The summed E-state index contributed by atoms with van der Waals surface area (Å²) in [5.41, 5.74) is 1.02. The average Bonchev–Trinajstić information content (AvgIpc) is 2.40. The van der Waals surface area contributed by atoms with Crippen molar-refractivity contribution in [2.45, 2.75) is 19.9 Å². The second-order valence-electron chi connectivity index (χ2n) is 4.71. The summed E-state index contributed by atoms with van der Waals surface area (Å²) in [4.78, 5) is 24.1. The van der Waals surface area contributed by atoms with Crippen LogP contribution < -0.4 is 5.32 Å². The van der Waals surface area contributed by atoms with Crippen molar-refractivity contribution < 1.29 is 14.7 Å². The van der Waals surface area contributed by atoms with E-state index in [9.17, 15) is 9.59 Å². The third kappa shape index (κ3) is 5.21. The molecule has 0 aliphatic heterocycles. The van der Waals surface area contributed by atoms with Gasteiger partial charge in [-0.25, -0.2) is 4.79 Å². The molecule has 6 heteroatoms. The molecule has 0 bridgehead atoms. The van der Waals surface area contributed by atoms with Gasteiger partial charge < -0.3 is 15.3 Å². The number of hydrogen-bond donors (Lipinski definition) is 2. The van der Waals surface area contributed by atoms with E-state index < -0.39 is 11.9 Å². The Balaban J connectivity index is 2.40. The van der Waals surface area contributed by atoms with Gasteiger partial charge in [-0.1, -0.05) is 41.1 Å². The molecule has 0 heterocycles. The van der Waals surface area contributed by atoms with Gasteiger partial charge in [-0.05, 0) is 18.1 Å². The van der Waals surface area contributed by atoms with E-state index >= 15 is 0 Å². The maximum atomic E-state index is 11.9. The molecule has 1 rings (SSSR count). The number of carboxylic acids is 1. The maximum Gasteiger partial charge on any atom is 0.317 e. The number of benzene rings is 1. The SMILES string of the molecule is CC(CCNC(=O)N(C)Cc1ccccc1Br)C(=O)O. The first-order valence-electron chi connectivity index (χ1n) is 6.37. The summed E-state index contributed by atoms with van der Waals surface area (Å²) in [5, 5.41) is 11.5. The van der Waals surface area contributed by atoms with Crippen LogP contribution in [-0.4, -0.2) is 35.6 Å². The Bertz CT molecular complexity index is 479. The molecule has 0 fully saturated rings. The third-order valence-electron chi connectivity index (χ3n) is 2.99. The van der Waals surface area contributed by atoms with E-state index in [0.717, 1.165) is 10.0 Å². The van der Waals surface area contributed by atoms with E-state index in [1.165, 1.54) is 0 Å². The molecule has 0 radical (unpaired) electrons. The summed E-state index contributed by atoms with van der Waals surface area (Å²) in [6.45, 7) is 2.47. The van der Waals surface area contributed by atoms with E-state index in [1.807, 2.05) is 24.3 Å². The molecule has 2 N–H and O–H groups in total. The predicted molar refractivity (Wildman–Crippen MR) is 80.4 cm³/mol. The maximum absolute atomic E-state index is 11.9. The van der Waals surface area contributed by atoms with Crippen molar-refractivity contribution in [3.63, 3.8) is 0 Å². The molecule has 1 atom stereocenters. The lowest BCUT2D eigenvalue weighted by atomic mass is 10.1. The topological polar surface area (TPSA) is 69.6 Å². The number of nitrogens with one attached hydrogen (secondary N) is 1. The zero-order valence-corrected chi connectivity index (χ0v) is 13.2. The van der Waals surface area contributed by atoms with Crippen molar-refractivity contribution in [1.82, 2.24) is 10.2 Å². The van der Waals surface area contributed by atoms with E-state index in [4.69, 9.17) is 5.11 Å². The molecule has 0 spiro atoms. The molecule has 0 aliphatic carbocycles. The van der Waals surface area contributed by atoms with E-state index in [2.05, 4.69) is 21.2 Å². The number of amides is 2. The van der Waals surface area contributed by atoms with Gasteiger partial charge in [0.15, 0.2) is 0 Å². The van der Waals surface area contributed by atoms with Gasteiger partial charge in [0.25, 0.3) is 0 Å². The van der Waals surface area contributed by atoms with E-state index in [1.54, 1.807) is 18.9 Å². The van der Waals surface area contributed by atoms with Crippen LogP contribution in [0.1, 0.15) is 18.9 Å². The Morgan fingerprint density at radius 1 is 1.40 bits per heavy atom. The smallest absolute Gasteiger partial charge is 0.317 e. The van der Waals surface area contributed by atoms with Gasteiger partial charge in [0.2, 0.25) is 0 Å². The van der Waals surface area contributed by atoms with Crippen molar-refractivity contribution in [1.29, 1.82) is 0 Å². The van der Waals surface area contributed by atoms with Crippen LogP contribution in [0.4, 0.5) is 4.79 Å². The number of aliphatic carboxylic acids is 1. The summed E-state index contributed by atoms with van der Waals surface area (Å²) < 4.78 is 0.958. The first-order valence-corrected chi connectivity index (χ1v) is 7.16. The van der Waals surface area contributed by atoms with Gasteiger partial charge in [-0.3, -0.25) is 4.79 Å². The Morgan fingerprint density at radius 3 is 2.65 bits per heavy atom. The number of rotatable bonds is 6. The van der Waals surface area contributed by atoms with Crippen LogP contribution >= 0.6 is 15.9 Å². The fourth-order valence-corrected chi connectivity index (χ4v) is 2.02. The highest BCUT2D eigenvalue weighted by atomic mass is 79.9. The number of nitrogens with zero attached hydrogens (tertiary/aromatic N) is 1. The number of hydrogen-bond acceptors (Lipinski definition) is 2. The van der Waals surface area contributed by atoms with E-state index in [-0.39, 0.29) is 6.03 Å². The van der Waals surface area contributed by atoms with Gasteiger partial charge >= 0.3 is 12.0 Å². The number of carboxylic acid groups (broad SMARTS) is 1. The lowest BCUT2D eigenvalue weighted by molar-refractivity contribution is -0.141. The fourth-order valence-electron chi connectivity index (χ4n) is 1.61. The molecule has 1 aromatic carbocycles. The van der Waals surface area contributed by atoms with Crippen molar-refractivity contribution in [3.05, 3.63) is 34.3 Å². The molecule has 1 aromatic rings. The van der Waals surface area contributed by atoms with Crippen LogP contribution in [0.3, 0.4) is 0 Å². The highest BCUT2D eigenvalue weighted by molar-refractivity contribution is 9.10. The van der Waals surface area contributed by atoms with Gasteiger partial charge in [0, 0.05) is 24.6 Å². The molecule has 2 amide bonds. The Kier molecular flexibility index (Phi) is 6.51. The van der Waals surface area contributed by atoms with E-state index in [0.29, 0.717) is 19.5 Å². The lowest BCUT2D eigenvalue weighted by Crippen LogP contribution is -2.38. The first kappa shape index (κ1) is 16.5. The van der Waals surface area contributed by atoms with Gasteiger partial charge in [-0.15, -0.1) is 0 Å². The molecule has 1 unspecified atom stereocenters. The Hall–Kier alpha value is -1.56. The van der Waals surface area contributed by atoms with Crippen LogP contribution in [-0.2, 0) is 11.3 Å². The quantitative estimate of drug-likeness (QED) is 0.834. The normalized spacial score (nSPS) is 11.8. The van der Waals surface area contributed by atoms with Crippen LogP contribution in [0.15, 0.2) is 28.7 Å². The highest BCUT2D eigenvalue weighted by Crippen LogP contribution is 2.17. The number of carbonyl (C=O) groups is 2. The van der Waals surface area contributed by atoms with Crippen LogP contribution in [0.2, 0.25) is 0 Å². The highest BCUT2D eigenvalue weighted by Gasteiger charge is 2.13. The standard InChI is InChI=1S/C14H19BrN2O3/c1-10(13(18)19)7-8-16-14(20)17(2)9-11-5-3-4-6-12(11)15/h3-6,10H,7-9H2,1-2H3,(H,16,20)(H,18,19). The molecule has 5 nitrogen and oxygen atoms in total. The summed E-state index contributed by atoms with van der Waals surface area (Å²) in [6, 6.07) is 7.50. The van der Waals surface area contributed by atoms with Crippen LogP contribution in [0.5, 0.6) is 0 Å². The minimum atomic E-state index is -0.846. The first-order chi connectivity index (χ1) is 9.41. The molecule has 0 aromatic heterocycles. The summed E-state index contributed by atoms with van der Waals surface area (Å²) >= 11 is 3.44. The zero-order chi connectivity index (χ0) is 15.1. The molecule has 0 aliphatic rings. The third-order valence-corrected chi connectivity index (χ3v) is 3.76. The van der Waals surface area contributed by atoms with Gasteiger partial charge in [0.05, 0.1) is 5.92 Å². The molecule has 20 heavy (non-hydrogen) atoms. The minimum absolute atomic E-state index is 0.210. The fraction of sp³-hybridized carbons (Fsp3) is 0.429. The lowest BCUT2D eigenvalue weighted by Gasteiger charge is -2.19. The summed E-state index contributed by atoms with van der Waals surface area (Å²) in [7, 11) is 1.70. The van der Waals surface area contributed by atoms with Crippen LogP contribution in [0.25, 0.3) is 0 Å². The second-order valence-corrected chi connectivity index (χ2v) is 5.56. The average molecular weight is 343 g/mol. The molecule has 0 saturated heterocycles. The number of carbonyl (C=O) groups excluding carboxylic acids is 1. The predicted octanol–water partition coefficient (Wildman–Crippen LogP) is 2.70. The van der Waals surface area contributed by atoms with Gasteiger partial charge in [-0.2, -0.15) is 0 Å². The van der Waals surface area contributed by atoms with Crippen LogP contribution in [0, 0.1) is 5.92 Å². The Morgan fingerprint density at radius 2 is 2.05 bits per heavy atom. The Labute approximate surface area is 127 Å². The number of halogens is 1. The molecular weight excluding hydrogens is 324 g/mol. The van der Waals surface area contributed by atoms with Crippen molar-refractivity contribution in [3.8, 4) is 0 Å². The number of urea groups is 1. The largest absolute Gasteiger partial charge is 0.481 e. The minimum Gasteiger partial charge on any atom is -0.481 e. The summed E-state index contributed by atoms with van der Waals surface area (Å²) in [6.07, 6.45) is 0.421. The molecule has 0 saturated carbocycles. The monoisotopic (exact) mass is 342 g/mol. The second kappa shape index (κ2) is 7.89. The van der Waals surface area contributed by atoms with Crippen molar-refractivity contribution in [2.75, 3.05) is 13.6 Å². The summed E-state index contributed by atoms with van der Waals surface area (Å²) in [5.74, 6) is -1.30. The molecule has 110 valence electrons. The molecular formula is C14H19BrN2O3. The van der Waals surface area contributed by atoms with Crippen molar-refractivity contribution in [2.24, 2.45) is 5.92 Å². The van der Waals surface area contributed by atoms with Crippen molar-refractivity contribution >= 4 is 27.9 Å². The zero-order valence-electron chi connectivity index (χ0n) is 11.6.